The average molecular weight is 818 g/mol. The molecule has 0 aliphatic carbocycles. The van der Waals surface area contributed by atoms with Crippen LogP contribution in [0.2, 0.25) is 5.04 Å². The van der Waals surface area contributed by atoms with E-state index in [1.165, 1.54) is 43.7 Å². The minimum absolute atomic E-state index is 0.117. The molecule has 54 heavy (non-hydrogen) atoms. The standard InChI is InChI=1S/C42H46BrFN2O7Si/c1-41(2,3)54(31-13-9-7-10-14-31,32-15-11-8-12-16-32)53-39(48)42(4,5)46-38(47)33-25-28(43)17-19-35(33)45(40(46)49)27-37(52-30-21-23-51-24-22-30)34-26-29(44)18-20-36(34)50-6/h7-20,25-26,30,37H,21-24,27H2,1-6H3/t37-/m0/s1. The van der Waals surface area contributed by atoms with Gasteiger partial charge in [0.2, 0.25) is 0 Å². The zero-order valence-electron chi connectivity index (χ0n) is 31.4. The second-order valence-electron chi connectivity index (χ2n) is 15.1. The van der Waals surface area contributed by atoms with E-state index < -0.39 is 48.0 Å². The van der Waals surface area contributed by atoms with Crippen molar-refractivity contribution < 1.29 is 27.8 Å². The lowest BCUT2D eigenvalue weighted by Gasteiger charge is -2.43. The third-order valence-electron chi connectivity index (χ3n) is 10.2. The minimum atomic E-state index is -3.44. The Kier molecular flexibility index (Phi) is 11.5. The number of rotatable bonds is 11. The smallest absolute Gasteiger partial charge is 0.332 e. The van der Waals surface area contributed by atoms with Gasteiger partial charge in [0.05, 0.1) is 30.7 Å². The van der Waals surface area contributed by atoms with Crippen LogP contribution >= 0.6 is 15.9 Å². The summed E-state index contributed by atoms with van der Waals surface area (Å²) in [5.74, 6) is -0.834. The molecule has 1 aliphatic heterocycles. The molecule has 5 aromatic rings. The molecule has 1 fully saturated rings. The molecule has 12 heteroatoms. The summed E-state index contributed by atoms with van der Waals surface area (Å²) in [7, 11) is -1.95. The van der Waals surface area contributed by atoms with Crippen LogP contribution in [0, 0.1) is 5.82 Å². The Labute approximate surface area is 323 Å². The fourth-order valence-corrected chi connectivity index (χ4v) is 12.2. The first-order chi connectivity index (χ1) is 25.7. The van der Waals surface area contributed by atoms with E-state index in [1.807, 2.05) is 81.4 Å². The fourth-order valence-electron chi connectivity index (χ4n) is 7.40. The molecule has 0 radical (unpaired) electrons. The van der Waals surface area contributed by atoms with Gasteiger partial charge < -0.3 is 18.6 Å². The highest BCUT2D eigenvalue weighted by molar-refractivity contribution is 9.10. The van der Waals surface area contributed by atoms with Gasteiger partial charge in [-0.25, -0.2) is 13.8 Å². The molecule has 6 rings (SSSR count). The Hall–Kier alpha value is -4.36. The number of hydrogen-bond donors (Lipinski definition) is 0. The number of methoxy groups -OCH3 is 1. The van der Waals surface area contributed by atoms with Crippen LogP contribution in [0.4, 0.5) is 4.39 Å². The highest BCUT2D eigenvalue weighted by atomic mass is 79.9. The van der Waals surface area contributed by atoms with Crippen molar-refractivity contribution in [3.05, 3.63) is 134 Å². The zero-order chi connectivity index (χ0) is 38.8. The molecule has 284 valence electrons. The molecule has 0 spiro atoms. The maximum atomic E-state index is 15.0. The number of carbonyl (C=O) groups is 1. The monoisotopic (exact) mass is 816 g/mol. The Balaban J connectivity index is 1.53. The van der Waals surface area contributed by atoms with E-state index in [9.17, 15) is 18.8 Å². The molecule has 9 nitrogen and oxygen atoms in total. The number of fused-ring (bicyclic) bond motifs is 1. The van der Waals surface area contributed by atoms with Crippen LogP contribution < -0.4 is 26.4 Å². The Bertz CT molecular complexity index is 2210. The van der Waals surface area contributed by atoms with Gasteiger partial charge in [-0.2, -0.15) is 0 Å². The minimum Gasteiger partial charge on any atom is -0.508 e. The van der Waals surface area contributed by atoms with E-state index in [1.54, 1.807) is 18.2 Å². The zero-order valence-corrected chi connectivity index (χ0v) is 34.0. The summed E-state index contributed by atoms with van der Waals surface area (Å²) in [6.07, 6.45) is 0.104. The third kappa shape index (κ3) is 7.49. The summed E-state index contributed by atoms with van der Waals surface area (Å²) in [6.45, 7) is 10.1. The van der Waals surface area contributed by atoms with Gasteiger partial charge in [0, 0.05) is 23.2 Å². The SMILES string of the molecule is COc1ccc(F)cc1[C@H](Cn1c(=O)n(C(C)(C)C(=O)O[Si](c2ccccc2)(c2ccccc2)C(C)(C)C)c(=O)c2cc(Br)ccc21)OC1CCOCC1. The maximum absolute atomic E-state index is 15.0. The van der Waals surface area contributed by atoms with Crippen molar-refractivity contribution in [2.45, 2.75) is 76.8 Å². The lowest BCUT2D eigenvalue weighted by Crippen LogP contribution is -2.69. The maximum Gasteiger partial charge on any atom is 0.332 e. The molecule has 0 bridgehead atoms. The Morgan fingerprint density at radius 2 is 1.52 bits per heavy atom. The van der Waals surface area contributed by atoms with Crippen molar-refractivity contribution in [2.24, 2.45) is 0 Å². The second kappa shape index (κ2) is 15.8. The molecule has 0 N–H and O–H groups in total. The molecule has 4 aromatic carbocycles. The Morgan fingerprint density at radius 1 is 0.907 bits per heavy atom. The number of benzene rings is 4. The summed E-state index contributed by atoms with van der Waals surface area (Å²) in [5, 5.41) is 1.39. The highest BCUT2D eigenvalue weighted by Crippen LogP contribution is 2.38. The largest absolute Gasteiger partial charge is 0.508 e. The van der Waals surface area contributed by atoms with E-state index in [0.29, 0.717) is 47.4 Å². The highest BCUT2D eigenvalue weighted by Gasteiger charge is 2.55. The van der Waals surface area contributed by atoms with E-state index in [2.05, 4.69) is 15.9 Å². The number of ether oxygens (including phenoxy) is 3. The first-order valence-electron chi connectivity index (χ1n) is 18.1. The van der Waals surface area contributed by atoms with Crippen molar-refractivity contribution in [3.63, 3.8) is 0 Å². The van der Waals surface area contributed by atoms with E-state index in [4.69, 9.17) is 18.6 Å². The lowest BCUT2D eigenvalue weighted by atomic mass is 10.0. The first kappa shape index (κ1) is 39.3. The summed E-state index contributed by atoms with van der Waals surface area (Å²) in [6, 6.07) is 28.6. The van der Waals surface area contributed by atoms with Gasteiger partial charge in [0.1, 0.15) is 23.2 Å². The van der Waals surface area contributed by atoms with Crippen LogP contribution in [0.25, 0.3) is 10.9 Å². The molecule has 0 amide bonds. The van der Waals surface area contributed by atoms with Crippen LogP contribution in [0.1, 0.15) is 59.1 Å². The van der Waals surface area contributed by atoms with Gasteiger partial charge >= 0.3 is 20.0 Å². The molecule has 0 unspecified atom stereocenters. The van der Waals surface area contributed by atoms with Gasteiger partial charge in [-0.05, 0) is 78.5 Å². The van der Waals surface area contributed by atoms with E-state index >= 15 is 0 Å². The molecule has 1 aliphatic rings. The van der Waals surface area contributed by atoms with Crippen molar-refractivity contribution in [2.75, 3.05) is 20.3 Å². The summed E-state index contributed by atoms with van der Waals surface area (Å²) >= 11 is 3.49. The van der Waals surface area contributed by atoms with Gasteiger partial charge in [0.25, 0.3) is 5.56 Å². The van der Waals surface area contributed by atoms with Crippen molar-refractivity contribution >= 4 is 51.5 Å². The third-order valence-corrected chi connectivity index (χ3v) is 15.6. The van der Waals surface area contributed by atoms with Gasteiger partial charge in [-0.1, -0.05) is 97.4 Å². The lowest BCUT2D eigenvalue weighted by molar-refractivity contribution is -0.144. The predicted octanol–water partition coefficient (Wildman–Crippen LogP) is 6.85. The number of carbonyl (C=O) groups excluding carboxylic acids is 1. The van der Waals surface area contributed by atoms with Gasteiger partial charge in [-0.3, -0.25) is 14.2 Å². The molecule has 0 saturated carbocycles. The molecule has 1 atom stereocenters. The topological polar surface area (TPSA) is 98.0 Å². The first-order valence-corrected chi connectivity index (χ1v) is 20.8. The number of aromatic nitrogens is 2. The quantitative estimate of drug-likeness (QED) is 0.135. The second-order valence-corrected chi connectivity index (χ2v) is 20.3. The summed E-state index contributed by atoms with van der Waals surface area (Å²) in [5.41, 5.74) is -2.44. The number of hydrogen-bond acceptors (Lipinski definition) is 7. The van der Waals surface area contributed by atoms with Crippen molar-refractivity contribution in [3.8, 4) is 5.75 Å². The number of nitrogens with zero attached hydrogens (tertiary/aromatic N) is 2. The molecular formula is C42H46BrFN2O7Si. The molecule has 1 aromatic heterocycles. The average Bonchev–Trinajstić information content (AvgIpc) is 3.15. The van der Waals surface area contributed by atoms with Crippen LogP contribution in [-0.2, 0) is 30.8 Å². The summed E-state index contributed by atoms with van der Waals surface area (Å²) < 4.78 is 42.6. The van der Waals surface area contributed by atoms with Gasteiger partial charge in [0.15, 0.2) is 0 Å². The van der Waals surface area contributed by atoms with Crippen LogP contribution in [-0.4, -0.2) is 49.8 Å². The Morgan fingerprint density at radius 3 is 2.09 bits per heavy atom. The van der Waals surface area contributed by atoms with Gasteiger partial charge in [-0.15, -0.1) is 0 Å². The fraction of sp³-hybridized carbons (Fsp3) is 0.357. The predicted molar refractivity (Wildman–Crippen MR) is 214 cm³/mol. The van der Waals surface area contributed by atoms with E-state index in [-0.39, 0.29) is 18.0 Å². The van der Waals surface area contributed by atoms with Crippen molar-refractivity contribution in [1.82, 2.24) is 9.13 Å². The molecular weight excluding hydrogens is 771 g/mol. The van der Waals surface area contributed by atoms with Crippen LogP contribution in [0.15, 0.2) is 111 Å². The summed E-state index contributed by atoms with van der Waals surface area (Å²) in [4.78, 5) is 44.4. The van der Waals surface area contributed by atoms with Crippen LogP contribution in [0.3, 0.4) is 0 Å². The number of halogens is 2. The van der Waals surface area contributed by atoms with E-state index in [0.717, 1.165) is 14.9 Å². The molecule has 2 heterocycles. The van der Waals surface area contributed by atoms with Crippen molar-refractivity contribution in [1.29, 1.82) is 0 Å². The molecule has 1 saturated heterocycles. The van der Waals surface area contributed by atoms with Crippen LogP contribution in [0.5, 0.6) is 5.75 Å². The normalized spacial score (nSPS) is 14.9.